The molecule has 3 rings (SSSR count). The highest BCUT2D eigenvalue weighted by atomic mass is 32.2. The van der Waals surface area contributed by atoms with Crippen LogP contribution in [-0.2, 0) is 0 Å². The second-order valence-corrected chi connectivity index (χ2v) is 7.05. The largest absolute Gasteiger partial charge is 0.294 e. The molecule has 0 aromatic heterocycles. The van der Waals surface area contributed by atoms with Crippen LogP contribution in [0, 0.1) is 17.6 Å². The van der Waals surface area contributed by atoms with Crippen molar-refractivity contribution in [1.29, 1.82) is 0 Å². The van der Waals surface area contributed by atoms with Crippen molar-refractivity contribution in [2.45, 2.75) is 42.6 Å². The number of thioether (sulfide) groups is 1. The normalized spacial score (nSPS) is 30.1. The maximum absolute atomic E-state index is 13.7. The number of hydrogen-bond acceptors (Lipinski definition) is 2. The number of fused-ring (bicyclic) bond motifs is 2. The van der Waals surface area contributed by atoms with Crippen LogP contribution in [0.15, 0.2) is 18.2 Å². The van der Waals surface area contributed by atoms with Crippen molar-refractivity contribution in [3.8, 4) is 0 Å². The zero-order valence-electron chi connectivity index (χ0n) is 10.6. The minimum atomic E-state index is -0.990. The van der Waals surface area contributed by atoms with E-state index in [1.165, 1.54) is 18.6 Å². The van der Waals surface area contributed by atoms with E-state index in [-0.39, 0.29) is 17.3 Å². The van der Waals surface area contributed by atoms with Gasteiger partial charge < -0.3 is 0 Å². The summed E-state index contributed by atoms with van der Waals surface area (Å²) in [5.41, 5.74) is -0.0741. The van der Waals surface area contributed by atoms with Crippen molar-refractivity contribution in [2.75, 3.05) is 0 Å². The van der Waals surface area contributed by atoms with Crippen LogP contribution in [0.1, 0.15) is 42.5 Å². The van der Waals surface area contributed by atoms with E-state index in [4.69, 9.17) is 0 Å². The Morgan fingerprint density at radius 1 is 1.16 bits per heavy atom. The minimum absolute atomic E-state index is 0.0741. The van der Waals surface area contributed by atoms with Gasteiger partial charge in [0.05, 0.1) is 5.56 Å². The second kappa shape index (κ2) is 5.23. The first kappa shape index (κ1) is 13.1. The summed E-state index contributed by atoms with van der Waals surface area (Å²) < 4.78 is 26.9. The molecule has 102 valence electrons. The van der Waals surface area contributed by atoms with Gasteiger partial charge in [-0.3, -0.25) is 4.79 Å². The standard InChI is InChI=1S/C15H16F2OS/c16-13-6-2-5-12(14(13)17)15(18)9-7-10-3-1-4-11(8-9)19-10/h2,5-6,9-11H,1,3-4,7-8H2. The van der Waals surface area contributed by atoms with Gasteiger partial charge in [0.15, 0.2) is 17.4 Å². The van der Waals surface area contributed by atoms with Crippen LogP contribution in [0.25, 0.3) is 0 Å². The molecule has 0 N–H and O–H groups in total. The fourth-order valence-corrected chi connectivity index (χ4v) is 5.02. The topological polar surface area (TPSA) is 17.1 Å². The molecule has 1 aromatic carbocycles. The van der Waals surface area contributed by atoms with Gasteiger partial charge in [0.1, 0.15) is 0 Å². The van der Waals surface area contributed by atoms with Gasteiger partial charge in [0.25, 0.3) is 0 Å². The summed E-state index contributed by atoms with van der Waals surface area (Å²) in [5, 5.41) is 1.05. The number of rotatable bonds is 2. The number of Topliss-reactive ketones (excluding diaryl/α,β-unsaturated/α-hetero) is 1. The summed E-state index contributed by atoms with van der Waals surface area (Å²) in [4.78, 5) is 12.4. The van der Waals surface area contributed by atoms with E-state index in [2.05, 4.69) is 0 Å². The third kappa shape index (κ3) is 2.55. The first-order valence-corrected chi connectivity index (χ1v) is 7.73. The number of halogens is 2. The summed E-state index contributed by atoms with van der Waals surface area (Å²) in [6.07, 6.45) is 5.16. The molecule has 2 aliphatic heterocycles. The van der Waals surface area contributed by atoms with E-state index in [1.54, 1.807) is 0 Å². The van der Waals surface area contributed by atoms with Crippen LogP contribution in [0.5, 0.6) is 0 Å². The average Bonchev–Trinajstić information content (AvgIpc) is 2.41. The minimum Gasteiger partial charge on any atom is -0.294 e. The molecular weight excluding hydrogens is 266 g/mol. The third-order valence-electron chi connectivity index (χ3n) is 4.12. The Labute approximate surface area is 115 Å². The lowest BCUT2D eigenvalue weighted by Gasteiger charge is -2.37. The Kier molecular flexibility index (Phi) is 3.61. The lowest BCUT2D eigenvalue weighted by atomic mass is 9.84. The van der Waals surface area contributed by atoms with Crippen molar-refractivity contribution >= 4 is 17.5 Å². The zero-order valence-corrected chi connectivity index (χ0v) is 11.4. The Balaban J connectivity index is 1.82. The van der Waals surface area contributed by atoms with Crippen molar-refractivity contribution < 1.29 is 13.6 Å². The van der Waals surface area contributed by atoms with Gasteiger partial charge in [-0.25, -0.2) is 8.78 Å². The maximum Gasteiger partial charge on any atom is 0.169 e. The second-order valence-electron chi connectivity index (χ2n) is 5.44. The van der Waals surface area contributed by atoms with Crippen molar-refractivity contribution in [1.82, 2.24) is 0 Å². The summed E-state index contributed by atoms with van der Waals surface area (Å²) in [7, 11) is 0. The first-order chi connectivity index (χ1) is 9.15. The summed E-state index contributed by atoms with van der Waals surface area (Å²) in [6, 6.07) is 3.86. The number of benzene rings is 1. The van der Waals surface area contributed by atoms with Gasteiger partial charge in [-0.05, 0) is 37.8 Å². The monoisotopic (exact) mass is 282 g/mol. The first-order valence-electron chi connectivity index (χ1n) is 6.79. The SMILES string of the molecule is O=C(c1cccc(F)c1F)C1CC2CCCC(C1)S2. The van der Waals surface area contributed by atoms with Crippen molar-refractivity contribution in [3.63, 3.8) is 0 Å². The van der Waals surface area contributed by atoms with Gasteiger partial charge in [0, 0.05) is 16.4 Å². The highest BCUT2D eigenvalue weighted by Gasteiger charge is 2.36. The Hall–Kier alpha value is -0.900. The number of ketones is 1. The Bertz CT molecular complexity index is 491. The van der Waals surface area contributed by atoms with E-state index < -0.39 is 11.6 Å². The molecule has 2 atom stereocenters. The number of hydrogen-bond donors (Lipinski definition) is 0. The zero-order chi connectivity index (χ0) is 13.4. The number of carbonyl (C=O) groups is 1. The third-order valence-corrected chi connectivity index (χ3v) is 5.75. The van der Waals surface area contributed by atoms with E-state index >= 15 is 0 Å². The van der Waals surface area contributed by atoms with E-state index in [0.29, 0.717) is 10.5 Å². The molecule has 2 saturated heterocycles. The van der Waals surface area contributed by atoms with Gasteiger partial charge in [-0.2, -0.15) is 11.8 Å². The van der Waals surface area contributed by atoms with E-state index in [1.807, 2.05) is 11.8 Å². The average molecular weight is 282 g/mol. The van der Waals surface area contributed by atoms with Crippen molar-refractivity contribution in [2.24, 2.45) is 5.92 Å². The summed E-state index contributed by atoms with van der Waals surface area (Å²) in [6.45, 7) is 0. The molecule has 2 heterocycles. The smallest absolute Gasteiger partial charge is 0.169 e. The molecule has 2 bridgehead atoms. The Morgan fingerprint density at radius 2 is 1.84 bits per heavy atom. The lowest BCUT2D eigenvalue weighted by Crippen LogP contribution is -2.33. The highest BCUT2D eigenvalue weighted by molar-refractivity contribution is 8.00. The predicted octanol–water partition coefficient (Wildman–Crippen LogP) is 4.21. The Morgan fingerprint density at radius 3 is 2.53 bits per heavy atom. The van der Waals surface area contributed by atoms with Crippen LogP contribution in [0.3, 0.4) is 0 Å². The fourth-order valence-electron chi connectivity index (χ4n) is 3.19. The quantitative estimate of drug-likeness (QED) is 0.756. The number of carbonyl (C=O) groups excluding carboxylic acids is 1. The van der Waals surface area contributed by atoms with Crippen LogP contribution in [0.4, 0.5) is 8.78 Å². The van der Waals surface area contributed by atoms with Crippen LogP contribution < -0.4 is 0 Å². The predicted molar refractivity (Wildman–Crippen MR) is 72.4 cm³/mol. The van der Waals surface area contributed by atoms with E-state index in [0.717, 1.165) is 31.7 Å². The van der Waals surface area contributed by atoms with Crippen molar-refractivity contribution in [3.05, 3.63) is 35.4 Å². The molecule has 4 heteroatoms. The van der Waals surface area contributed by atoms with Gasteiger partial charge in [-0.1, -0.05) is 12.5 Å². The van der Waals surface area contributed by atoms with Crippen LogP contribution in [0.2, 0.25) is 0 Å². The molecule has 0 aliphatic carbocycles. The molecule has 0 amide bonds. The molecular formula is C15H16F2OS. The molecule has 0 spiro atoms. The van der Waals surface area contributed by atoms with Gasteiger partial charge in [0.2, 0.25) is 0 Å². The van der Waals surface area contributed by atoms with Crippen LogP contribution >= 0.6 is 11.8 Å². The summed E-state index contributed by atoms with van der Waals surface area (Å²) in [5.74, 6) is -2.27. The molecule has 2 fully saturated rings. The van der Waals surface area contributed by atoms with E-state index in [9.17, 15) is 13.6 Å². The molecule has 19 heavy (non-hydrogen) atoms. The van der Waals surface area contributed by atoms with Crippen LogP contribution in [-0.4, -0.2) is 16.3 Å². The molecule has 1 aromatic rings. The molecule has 2 aliphatic rings. The maximum atomic E-state index is 13.7. The molecule has 0 radical (unpaired) electrons. The van der Waals surface area contributed by atoms with Gasteiger partial charge >= 0.3 is 0 Å². The molecule has 0 saturated carbocycles. The fraction of sp³-hybridized carbons (Fsp3) is 0.533. The highest BCUT2D eigenvalue weighted by Crippen LogP contribution is 2.44. The molecule has 1 nitrogen and oxygen atoms in total. The lowest BCUT2D eigenvalue weighted by molar-refractivity contribution is 0.0891. The molecule has 2 unspecified atom stereocenters. The summed E-state index contributed by atoms with van der Waals surface area (Å²) >= 11 is 1.98. The van der Waals surface area contributed by atoms with Gasteiger partial charge in [-0.15, -0.1) is 0 Å².